The zero-order chi connectivity index (χ0) is 10.3. The van der Waals surface area contributed by atoms with Crippen LogP contribution in [-0.4, -0.2) is 42.7 Å². The molecule has 1 atom stereocenters. The highest BCUT2D eigenvalue weighted by Gasteiger charge is 2.03. The summed E-state index contributed by atoms with van der Waals surface area (Å²) < 4.78 is 0. The van der Waals surface area contributed by atoms with Gasteiger partial charge in [-0.15, -0.1) is 0 Å². The number of carbonyl (C=O) groups excluding carboxylic acids is 2. The van der Waals surface area contributed by atoms with Gasteiger partial charge >= 0.3 is 0 Å². The fraction of sp³-hybridized carbons (Fsp3) is 0.714. The van der Waals surface area contributed by atoms with Gasteiger partial charge in [-0.05, 0) is 6.92 Å². The number of nitrogens with two attached hydrogens (primary N) is 1. The standard InChI is InChI=1S/C7H15N3O3/c1-5(11)3-9-7(13)4-10-6(12)2-8/h5,11H,2-4,8H2,1H3,(H,9,13)(H,10,12)/t5-/m1/s1. The molecule has 0 saturated heterocycles. The van der Waals surface area contributed by atoms with Gasteiger partial charge in [0.25, 0.3) is 0 Å². The van der Waals surface area contributed by atoms with Gasteiger partial charge in [0.15, 0.2) is 0 Å². The Morgan fingerprint density at radius 2 is 2.00 bits per heavy atom. The van der Waals surface area contributed by atoms with Crippen LogP contribution in [-0.2, 0) is 9.59 Å². The minimum Gasteiger partial charge on any atom is -0.392 e. The second-order valence-corrected chi connectivity index (χ2v) is 2.63. The fourth-order valence-corrected chi connectivity index (χ4v) is 0.575. The van der Waals surface area contributed by atoms with Crippen LogP contribution in [0.4, 0.5) is 0 Å². The minimum atomic E-state index is -0.589. The lowest BCUT2D eigenvalue weighted by Gasteiger charge is -2.07. The van der Waals surface area contributed by atoms with Gasteiger partial charge in [-0.25, -0.2) is 0 Å². The number of rotatable bonds is 5. The van der Waals surface area contributed by atoms with Crippen molar-refractivity contribution in [2.45, 2.75) is 13.0 Å². The average Bonchev–Trinajstić information content (AvgIpc) is 2.10. The second kappa shape index (κ2) is 6.38. The van der Waals surface area contributed by atoms with Crippen LogP contribution < -0.4 is 16.4 Å². The first kappa shape index (κ1) is 11.9. The van der Waals surface area contributed by atoms with E-state index in [-0.39, 0.29) is 31.4 Å². The van der Waals surface area contributed by atoms with E-state index in [1.165, 1.54) is 0 Å². The van der Waals surface area contributed by atoms with E-state index < -0.39 is 6.10 Å². The molecule has 0 aromatic carbocycles. The summed E-state index contributed by atoms with van der Waals surface area (Å²) in [6, 6.07) is 0. The van der Waals surface area contributed by atoms with Crippen molar-refractivity contribution in [1.82, 2.24) is 10.6 Å². The van der Waals surface area contributed by atoms with Gasteiger partial charge in [-0.2, -0.15) is 0 Å². The Hall–Kier alpha value is -1.14. The highest BCUT2D eigenvalue weighted by Crippen LogP contribution is 1.74. The van der Waals surface area contributed by atoms with Crippen molar-refractivity contribution >= 4 is 11.8 Å². The number of carbonyl (C=O) groups is 2. The van der Waals surface area contributed by atoms with E-state index in [1.807, 2.05) is 0 Å². The molecule has 0 saturated carbocycles. The highest BCUT2D eigenvalue weighted by atomic mass is 16.3. The summed E-state index contributed by atoms with van der Waals surface area (Å²) in [5.74, 6) is -0.727. The van der Waals surface area contributed by atoms with Gasteiger partial charge in [0.2, 0.25) is 11.8 Å². The van der Waals surface area contributed by atoms with Crippen LogP contribution >= 0.6 is 0 Å². The third-order valence-corrected chi connectivity index (χ3v) is 1.23. The molecule has 0 bridgehead atoms. The van der Waals surface area contributed by atoms with Gasteiger partial charge in [0.1, 0.15) is 0 Å². The SMILES string of the molecule is C[C@@H](O)CNC(=O)CNC(=O)CN. The van der Waals surface area contributed by atoms with Crippen LogP contribution in [0.15, 0.2) is 0 Å². The van der Waals surface area contributed by atoms with Crippen LogP contribution in [0.5, 0.6) is 0 Å². The molecule has 2 amide bonds. The van der Waals surface area contributed by atoms with Crippen LogP contribution in [0, 0.1) is 0 Å². The van der Waals surface area contributed by atoms with Crippen LogP contribution in [0.1, 0.15) is 6.92 Å². The molecule has 0 aromatic heterocycles. The molecule has 0 rings (SSSR count). The predicted octanol–water partition coefficient (Wildman–Crippen LogP) is -2.44. The summed E-state index contributed by atoms with van der Waals surface area (Å²) in [6.45, 7) is 1.49. The van der Waals surface area contributed by atoms with E-state index in [0.717, 1.165) is 0 Å². The van der Waals surface area contributed by atoms with Crippen molar-refractivity contribution in [2.24, 2.45) is 5.73 Å². The van der Waals surface area contributed by atoms with Crippen molar-refractivity contribution in [3.8, 4) is 0 Å². The topological polar surface area (TPSA) is 104 Å². The van der Waals surface area contributed by atoms with Crippen molar-refractivity contribution in [1.29, 1.82) is 0 Å². The van der Waals surface area contributed by atoms with E-state index in [2.05, 4.69) is 10.6 Å². The maximum absolute atomic E-state index is 10.9. The normalized spacial score (nSPS) is 11.9. The molecule has 0 aliphatic rings. The Morgan fingerprint density at radius 1 is 1.38 bits per heavy atom. The summed E-state index contributed by atoms with van der Waals surface area (Å²) in [4.78, 5) is 21.5. The number of nitrogens with one attached hydrogen (secondary N) is 2. The summed E-state index contributed by atoms with van der Waals surface area (Å²) in [6.07, 6.45) is -0.589. The molecule has 0 aliphatic heterocycles. The quantitative estimate of drug-likeness (QED) is 0.385. The maximum Gasteiger partial charge on any atom is 0.239 e. The number of amides is 2. The zero-order valence-electron chi connectivity index (χ0n) is 7.54. The summed E-state index contributed by atoms with van der Waals surface area (Å²) >= 11 is 0. The van der Waals surface area contributed by atoms with Gasteiger partial charge in [-0.1, -0.05) is 0 Å². The van der Waals surface area contributed by atoms with Gasteiger partial charge in [0.05, 0.1) is 19.2 Å². The highest BCUT2D eigenvalue weighted by molar-refractivity contribution is 5.85. The van der Waals surface area contributed by atoms with Gasteiger partial charge in [0, 0.05) is 6.54 Å². The number of hydrogen-bond acceptors (Lipinski definition) is 4. The van der Waals surface area contributed by atoms with Crippen molar-refractivity contribution in [3.05, 3.63) is 0 Å². The molecule has 0 aromatic rings. The summed E-state index contributed by atoms with van der Waals surface area (Å²) in [7, 11) is 0. The third-order valence-electron chi connectivity index (χ3n) is 1.23. The molecule has 0 spiro atoms. The van der Waals surface area contributed by atoms with Crippen molar-refractivity contribution in [3.63, 3.8) is 0 Å². The Kier molecular flexibility index (Phi) is 5.82. The molecule has 0 heterocycles. The summed E-state index contributed by atoms with van der Waals surface area (Å²) in [5.41, 5.74) is 5.00. The average molecular weight is 189 g/mol. The third kappa shape index (κ3) is 7.23. The fourth-order valence-electron chi connectivity index (χ4n) is 0.575. The molecule has 13 heavy (non-hydrogen) atoms. The number of aliphatic hydroxyl groups is 1. The second-order valence-electron chi connectivity index (χ2n) is 2.63. The van der Waals surface area contributed by atoms with E-state index >= 15 is 0 Å². The maximum atomic E-state index is 10.9. The Morgan fingerprint density at radius 3 is 2.46 bits per heavy atom. The van der Waals surface area contributed by atoms with Crippen LogP contribution in [0.3, 0.4) is 0 Å². The van der Waals surface area contributed by atoms with Crippen LogP contribution in [0.25, 0.3) is 0 Å². The molecule has 0 radical (unpaired) electrons. The monoisotopic (exact) mass is 189 g/mol. The summed E-state index contributed by atoms with van der Waals surface area (Å²) in [5, 5.41) is 13.5. The van der Waals surface area contributed by atoms with E-state index in [0.29, 0.717) is 0 Å². The molecular formula is C7H15N3O3. The van der Waals surface area contributed by atoms with Gasteiger partial charge < -0.3 is 21.5 Å². The van der Waals surface area contributed by atoms with E-state index in [1.54, 1.807) is 6.92 Å². The van der Waals surface area contributed by atoms with Crippen LogP contribution in [0.2, 0.25) is 0 Å². The number of aliphatic hydroxyl groups excluding tert-OH is 1. The molecule has 6 nitrogen and oxygen atoms in total. The lowest BCUT2D eigenvalue weighted by molar-refractivity contribution is -0.125. The predicted molar refractivity (Wildman–Crippen MR) is 46.8 cm³/mol. The molecule has 0 fully saturated rings. The zero-order valence-corrected chi connectivity index (χ0v) is 7.54. The minimum absolute atomic E-state index is 0.108. The number of hydrogen-bond donors (Lipinski definition) is 4. The Bertz CT molecular complexity index is 182. The lowest BCUT2D eigenvalue weighted by Crippen LogP contribution is -2.41. The molecule has 0 unspecified atom stereocenters. The largest absolute Gasteiger partial charge is 0.392 e. The van der Waals surface area contributed by atoms with E-state index in [4.69, 9.17) is 10.8 Å². The molecule has 0 aliphatic carbocycles. The molecule has 5 N–H and O–H groups in total. The molecular weight excluding hydrogens is 174 g/mol. The van der Waals surface area contributed by atoms with Gasteiger partial charge in [-0.3, -0.25) is 9.59 Å². The lowest BCUT2D eigenvalue weighted by atomic mass is 10.4. The first-order chi connectivity index (χ1) is 6.06. The molecule has 76 valence electrons. The van der Waals surface area contributed by atoms with Crippen molar-refractivity contribution in [2.75, 3.05) is 19.6 Å². The smallest absolute Gasteiger partial charge is 0.239 e. The Balaban J connectivity index is 3.46. The van der Waals surface area contributed by atoms with E-state index in [9.17, 15) is 9.59 Å². The first-order valence-electron chi connectivity index (χ1n) is 3.97. The van der Waals surface area contributed by atoms with Crippen molar-refractivity contribution < 1.29 is 14.7 Å². The molecule has 6 heteroatoms. The first-order valence-corrected chi connectivity index (χ1v) is 3.97. The Labute approximate surface area is 76.5 Å².